The van der Waals surface area contributed by atoms with Crippen LogP contribution in [0.1, 0.15) is 43.2 Å². The average molecular weight is 545 g/mol. The highest BCUT2D eigenvalue weighted by Gasteiger charge is 2.33. The standard InChI is InChI=1S/C27H30F2N4O4S/c1-16(2)15-37-22-12-19(11-20(28)13-22)24-9-8-23(26(31-24)33-14-21(29)10-18(33)4)27(34)32-38(35,36)25-7-5-6-17(3)30-25/h5-9,11-13,16,18,21H,10,14-15H2,1-4H3,(H,32,34)/t18-,21+/m1/s1. The molecule has 1 aromatic carbocycles. The Labute approximate surface area is 221 Å². The first-order valence-corrected chi connectivity index (χ1v) is 13.8. The van der Waals surface area contributed by atoms with E-state index in [1.807, 2.05) is 18.6 Å². The van der Waals surface area contributed by atoms with E-state index in [2.05, 4.69) is 9.97 Å². The van der Waals surface area contributed by atoms with Crippen molar-refractivity contribution in [2.24, 2.45) is 5.92 Å². The third-order valence-electron chi connectivity index (χ3n) is 6.03. The number of amides is 1. The molecule has 2 aromatic heterocycles. The maximum atomic E-state index is 14.4. The van der Waals surface area contributed by atoms with Crippen molar-refractivity contribution in [2.45, 2.75) is 51.4 Å². The summed E-state index contributed by atoms with van der Waals surface area (Å²) >= 11 is 0. The highest BCUT2D eigenvalue weighted by atomic mass is 32.2. The fraction of sp³-hybridized carbons (Fsp3) is 0.370. The summed E-state index contributed by atoms with van der Waals surface area (Å²) in [6.07, 6.45) is -0.914. The van der Waals surface area contributed by atoms with Crippen LogP contribution in [0.3, 0.4) is 0 Å². The smallest absolute Gasteiger partial charge is 0.281 e. The highest BCUT2D eigenvalue weighted by Crippen LogP contribution is 2.32. The average Bonchev–Trinajstić information content (AvgIpc) is 3.19. The number of nitrogens with one attached hydrogen (secondary N) is 1. The number of pyridine rings is 2. The van der Waals surface area contributed by atoms with Gasteiger partial charge in [-0.15, -0.1) is 0 Å². The Kier molecular flexibility index (Phi) is 7.96. The Hall–Kier alpha value is -3.60. The second-order valence-corrected chi connectivity index (χ2v) is 11.5. The van der Waals surface area contributed by atoms with Gasteiger partial charge in [-0.3, -0.25) is 4.79 Å². The largest absolute Gasteiger partial charge is 0.493 e. The van der Waals surface area contributed by atoms with Crippen molar-refractivity contribution in [1.82, 2.24) is 14.7 Å². The molecule has 1 saturated heterocycles. The van der Waals surface area contributed by atoms with Gasteiger partial charge in [0.2, 0.25) is 0 Å². The number of carbonyl (C=O) groups excluding carboxylic acids is 1. The number of rotatable bonds is 8. The summed E-state index contributed by atoms with van der Waals surface area (Å²) in [6, 6.07) is 11.2. The number of ether oxygens (including phenoxy) is 1. The molecule has 3 heterocycles. The van der Waals surface area contributed by atoms with Gasteiger partial charge in [0.25, 0.3) is 15.9 Å². The SMILES string of the molecule is Cc1cccc(S(=O)(=O)NC(=O)c2ccc(-c3cc(F)cc(OCC(C)C)c3)nc2N2C[C@@H](F)C[C@H]2C)n1. The molecule has 2 atom stereocenters. The molecule has 0 radical (unpaired) electrons. The molecule has 202 valence electrons. The third-order valence-corrected chi connectivity index (χ3v) is 7.26. The topological polar surface area (TPSA) is 101 Å². The van der Waals surface area contributed by atoms with Gasteiger partial charge in [0.1, 0.15) is 23.6 Å². The van der Waals surface area contributed by atoms with E-state index in [0.717, 1.165) is 0 Å². The zero-order valence-corrected chi connectivity index (χ0v) is 22.4. The Balaban J connectivity index is 1.73. The molecule has 0 saturated carbocycles. The minimum absolute atomic E-state index is 0.0179. The molecule has 0 aliphatic carbocycles. The lowest BCUT2D eigenvalue weighted by Crippen LogP contribution is -2.35. The van der Waals surface area contributed by atoms with E-state index in [4.69, 9.17) is 4.74 Å². The maximum absolute atomic E-state index is 14.4. The normalized spacial score (nSPS) is 17.6. The molecule has 0 bridgehead atoms. The van der Waals surface area contributed by atoms with Crippen LogP contribution in [-0.2, 0) is 10.0 Å². The Bertz CT molecular complexity index is 1450. The Morgan fingerprint density at radius 2 is 1.95 bits per heavy atom. The number of anilines is 1. The van der Waals surface area contributed by atoms with Crippen LogP contribution in [0.2, 0.25) is 0 Å². The lowest BCUT2D eigenvalue weighted by atomic mass is 10.1. The second-order valence-electron chi connectivity index (χ2n) is 9.83. The summed E-state index contributed by atoms with van der Waals surface area (Å²) in [7, 11) is -4.28. The van der Waals surface area contributed by atoms with Crippen LogP contribution in [0.5, 0.6) is 5.75 Å². The van der Waals surface area contributed by atoms with E-state index in [0.29, 0.717) is 29.3 Å². The summed E-state index contributed by atoms with van der Waals surface area (Å²) in [5, 5.41) is -0.302. The number of sulfonamides is 1. The predicted octanol–water partition coefficient (Wildman–Crippen LogP) is 4.68. The third kappa shape index (κ3) is 6.27. The maximum Gasteiger partial charge on any atom is 0.281 e. The Morgan fingerprint density at radius 3 is 2.61 bits per heavy atom. The van der Waals surface area contributed by atoms with Crippen molar-refractivity contribution in [3.05, 3.63) is 65.6 Å². The number of nitrogens with zero attached hydrogens (tertiary/aromatic N) is 3. The van der Waals surface area contributed by atoms with Gasteiger partial charge in [-0.25, -0.2) is 23.5 Å². The highest BCUT2D eigenvalue weighted by molar-refractivity contribution is 7.90. The molecule has 1 aliphatic heterocycles. The molecule has 1 N–H and O–H groups in total. The van der Waals surface area contributed by atoms with Crippen LogP contribution in [0.25, 0.3) is 11.3 Å². The van der Waals surface area contributed by atoms with Gasteiger partial charge in [0.15, 0.2) is 5.03 Å². The lowest BCUT2D eigenvalue weighted by Gasteiger charge is -2.25. The molecule has 1 fully saturated rings. The monoisotopic (exact) mass is 544 g/mol. The van der Waals surface area contributed by atoms with Crippen molar-refractivity contribution >= 4 is 21.7 Å². The quantitative estimate of drug-likeness (QED) is 0.439. The molecule has 8 nitrogen and oxygen atoms in total. The van der Waals surface area contributed by atoms with Crippen LogP contribution in [0, 0.1) is 18.7 Å². The minimum Gasteiger partial charge on any atom is -0.493 e. The molecule has 11 heteroatoms. The van der Waals surface area contributed by atoms with Crippen molar-refractivity contribution in [2.75, 3.05) is 18.1 Å². The number of benzene rings is 1. The number of hydrogen-bond donors (Lipinski definition) is 1. The number of aryl methyl sites for hydroxylation is 1. The zero-order valence-electron chi connectivity index (χ0n) is 21.6. The van der Waals surface area contributed by atoms with Crippen LogP contribution >= 0.6 is 0 Å². The van der Waals surface area contributed by atoms with Crippen LogP contribution in [0.4, 0.5) is 14.6 Å². The summed E-state index contributed by atoms with van der Waals surface area (Å²) in [6.45, 7) is 7.76. The first-order chi connectivity index (χ1) is 17.9. The minimum atomic E-state index is -4.28. The van der Waals surface area contributed by atoms with E-state index >= 15 is 0 Å². The number of aromatic nitrogens is 2. The number of alkyl halides is 1. The van der Waals surface area contributed by atoms with Crippen LogP contribution < -0.4 is 14.4 Å². The molecule has 1 amide bonds. The lowest BCUT2D eigenvalue weighted by molar-refractivity contribution is 0.0981. The van der Waals surface area contributed by atoms with E-state index in [1.165, 1.54) is 36.4 Å². The van der Waals surface area contributed by atoms with Crippen molar-refractivity contribution in [3.63, 3.8) is 0 Å². The van der Waals surface area contributed by atoms with Gasteiger partial charge in [-0.1, -0.05) is 19.9 Å². The van der Waals surface area contributed by atoms with Crippen molar-refractivity contribution < 1.29 is 26.7 Å². The summed E-state index contributed by atoms with van der Waals surface area (Å²) in [4.78, 5) is 23.4. The fourth-order valence-corrected chi connectivity index (χ4v) is 5.20. The first kappa shape index (κ1) is 27.4. The van der Waals surface area contributed by atoms with Gasteiger partial charge >= 0.3 is 0 Å². The van der Waals surface area contributed by atoms with E-state index in [1.54, 1.807) is 30.9 Å². The van der Waals surface area contributed by atoms with Gasteiger partial charge in [0, 0.05) is 29.8 Å². The Morgan fingerprint density at radius 1 is 1.18 bits per heavy atom. The number of halogens is 2. The van der Waals surface area contributed by atoms with E-state index < -0.39 is 27.9 Å². The summed E-state index contributed by atoms with van der Waals surface area (Å²) in [5.41, 5.74) is 1.14. The first-order valence-electron chi connectivity index (χ1n) is 12.3. The van der Waals surface area contributed by atoms with Gasteiger partial charge < -0.3 is 9.64 Å². The van der Waals surface area contributed by atoms with Gasteiger partial charge in [-0.2, -0.15) is 8.42 Å². The fourth-order valence-electron chi connectivity index (χ4n) is 4.22. The molecular weight excluding hydrogens is 514 g/mol. The number of hydrogen-bond acceptors (Lipinski definition) is 7. The summed E-state index contributed by atoms with van der Waals surface area (Å²) in [5.74, 6) is -0.789. The van der Waals surface area contributed by atoms with Gasteiger partial charge in [-0.05, 0) is 56.2 Å². The molecule has 0 unspecified atom stereocenters. The molecule has 1 aliphatic rings. The predicted molar refractivity (Wildman–Crippen MR) is 140 cm³/mol. The molecular formula is C27H30F2N4O4S. The van der Waals surface area contributed by atoms with Crippen LogP contribution in [0.15, 0.2) is 53.6 Å². The van der Waals surface area contributed by atoms with Crippen LogP contribution in [-0.4, -0.2) is 49.7 Å². The molecule has 0 spiro atoms. The molecule has 38 heavy (non-hydrogen) atoms. The van der Waals surface area contributed by atoms with E-state index in [-0.39, 0.29) is 41.3 Å². The second kappa shape index (κ2) is 11.0. The van der Waals surface area contributed by atoms with Gasteiger partial charge in [0.05, 0.1) is 24.4 Å². The molecule has 4 rings (SSSR count). The summed E-state index contributed by atoms with van der Waals surface area (Å²) < 4.78 is 62.1. The van der Waals surface area contributed by atoms with Crippen molar-refractivity contribution in [3.8, 4) is 17.0 Å². The van der Waals surface area contributed by atoms with Crippen molar-refractivity contribution in [1.29, 1.82) is 0 Å². The number of carbonyl (C=O) groups is 1. The molecule has 3 aromatic rings. The van der Waals surface area contributed by atoms with E-state index in [9.17, 15) is 22.0 Å². The zero-order chi connectivity index (χ0) is 27.6.